The third-order valence-electron chi connectivity index (χ3n) is 4.28. The Morgan fingerprint density at radius 1 is 1.00 bits per heavy atom. The molecule has 3 aromatic carbocycles. The van der Waals surface area contributed by atoms with E-state index in [1.807, 2.05) is 30.3 Å². The molecule has 1 aromatic heterocycles. The van der Waals surface area contributed by atoms with Gasteiger partial charge < -0.3 is 10.1 Å². The van der Waals surface area contributed by atoms with E-state index in [9.17, 15) is 13.6 Å². The maximum atomic E-state index is 13.9. The molecular formula is C23H16F2N2O2S. The molecule has 0 atom stereocenters. The van der Waals surface area contributed by atoms with Crippen molar-refractivity contribution in [2.24, 2.45) is 0 Å². The van der Waals surface area contributed by atoms with E-state index in [1.165, 1.54) is 23.5 Å². The maximum absolute atomic E-state index is 13.9. The molecule has 150 valence electrons. The van der Waals surface area contributed by atoms with Crippen molar-refractivity contribution in [1.29, 1.82) is 0 Å². The van der Waals surface area contributed by atoms with Crippen molar-refractivity contribution in [2.45, 2.75) is 6.61 Å². The van der Waals surface area contributed by atoms with Crippen LogP contribution < -0.4 is 10.1 Å². The minimum absolute atomic E-state index is 0.0597. The number of para-hydroxylation sites is 2. The topological polar surface area (TPSA) is 51.2 Å². The zero-order valence-electron chi connectivity index (χ0n) is 15.6. The van der Waals surface area contributed by atoms with Gasteiger partial charge >= 0.3 is 0 Å². The highest BCUT2D eigenvalue weighted by Crippen LogP contribution is 2.33. The van der Waals surface area contributed by atoms with Crippen LogP contribution in [-0.2, 0) is 6.61 Å². The third kappa shape index (κ3) is 4.52. The average Bonchev–Trinajstić information content (AvgIpc) is 3.24. The molecule has 0 spiro atoms. The van der Waals surface area contributed by atoms with Gasteiger partial charge in [-0.2, -0.15) is 0 Å². The first-order valence-electron chi connectivity index (χ1n) is 9.08. The quantitative estimate of drug-likeness (QED) is 0.420. The Morgan fingerprint density at radius 2 is 1.77 bits per heavy atom. The van der Waals surface area contributed by atoms with E-state index < -0.39 is 11.6 Å². The van der Waals surface area contributed by atoms with Crippen LogP contribution in [0, 0.1) is 11.6 Å². The first kappa shape index (κ1) is 19.7. The molecule has 0 saturated carbocycles. The highest BCUT2D eigenvalue weighted by Gasteiger charge is 2.15. The number of hydrogen-bond acceptors (Lipinski definition) is 4. The number of aromatic nitrogens is 1. The van der Waals surface area contributed by atoms with E-state index in [4.69, 9.17) is 4.74 Å². The van der Waals surface area contributed by atoms with Crippen LogP contribution in [0.1, 0.15) is 16.1 Å². The predicted molar refractivity (Wildman–Crippen MR) is 113 cm³/mol. The van der Waals surface area contributed by atoms with Gasteiger partial charge in [0.05, 0.1) is 5.56 Å². The van der Waals surface area contributed by atoms with Gasteiger partial charge in [0.2, 0.25) is 0 Å². The Balaban J connectivity index is 1.52. The lowest BCUT2D eigenvalue weighted by Gasteiger charge is -2.10. The molecule has 0 aliphatic heterocycles. The highest BCUT2D eigenvalue weighted by atomic mass is 32.1. The summed E-state index contributed by atoms with van der Waals surface area (Å²) in [6.45, 7) is -0.0597. The number of ether oxygens (including phenoxy) is 1. The summed E-state index contributed by atoms with van der Waals surface area (Å²) >= 11 is 1.31. The lowest BCUT2D eigenvalue weighted by Crippen LogP contribution is -2.12. The summed E-state index contributed by atoms with van der Waals surface area (Å²) in [5.41, 5.74) is 1.90. The summed E-state index contributed by atoms with van der Waals surface area (Å²) in [6.07, 6.45) is 0. The zero-order chi connectivity index (χ0) is 20.9. The van der Waals surface area contributed by atoms with Gasteiger partial charge in [-0.3, -0.25) is 4.79 Å². The fourth-order valence-electron chi connectivity index (χ4n) is 2.78. The fraction of sp³-hybridized carbons (Fsp3) is 0.0435. The van der Waals surface area contributed by atoms with Crippen molar-refractivity contribution in [2.75, 3.05) is 5.32 Å². The minimum atomic E-state index is -0.665. The molecule has 0 aliphatic rings. The van der Waals surface area contributed by atoms with Gasteiger partial charge in [0.25, 0.3) is 5.91 Å². The normalized spacial score (nSPS) is 10.6. The van der Waals surface area contributed by atoms with Gasteiger partial charge in [-0.15, -0.1) is 11.3 Å². The van der Waals surface area contributed by atoms with Gasteiger partial charge in [0, 0.05) is 22.7 Å². The molecule has 0 radical (unpaired) electrons. The number of carbonyl (C=O) groups is 1. The van der Waals surface area contributed by atoms with Crippen LogP contribution in [-0.4, -0.2) is 10.9 Å². The van der Waals surface area contributed by atoms with Gasteiger partial charge in [-0.05, 0) is 36.4 Å². The molecule has 1 N–H and O–H groups in total. The lowest BCUT2D eigenvalue weighted by molar-refractivity contribution is 0.102. The van der Waals surface area contributed by atoms with Gasteiger partial charge in [0.1, 0.15) is 34.7 Å². The summed E-state index contributed by atoms with van der Waals surface area (Å²) < 4.78 is 32.7. The number of hydrogen-bond donors (Lipinski definition) is 1. The summed E-state index contributed by atoms with van der Waals surface area (Å²) in [5, 5.41) is 5.07. The monoisotopic (exact) mass is 422 g/mol. The number of benzene rings is 3. The molecule has 0 aliphatic carbocycles. The smallest absolute Gasteiger partial charge is 0.275 e. The highest BCUT2D eigenvalue weighted by molar-refractivity contribution is 7.13. The Bertz CT molecular complexity index is 1180. The third-order valence-corrected chi connectivity index (χ3v) is 5.16. The largest absolute Gasteiger partial charge is 0.488 e. The van der Waals surface area contributed by atoms with Gasteiger partial charge in [-0.25, -0.2) is 13.8 Å². The summed E-state index contributed by atoms with van der Waals surface area (Å²) in [7, 11) is 0. The molecular weight excluding hydrogens is 406 g/mol. The van der Waals surface area contributed by atoms with Crippen LogP contribution in [0.4, 0.5) is 14.5 Å². The van der Waals surface area contributed by atoms with Gasteiger partial charge in [0.15, 0.2) is 0 Å². The van der Waals surface area contributed by atoms with Crippen LogP contribution in [0.2, 0.25) is 0 Å². The van der Waals surface area contributed by atoms with Crippen molar-refractivity contribution in [1.82, 2.24) is 4.98 Å². The molecule has 4 aromatic rings. The number of anilines is 1. The average molecular weight is 422 g/mol. The lowest BCUT2D eigenvalue weighted by atomic mass is 10.2. The first-order chi connectivity index (χ1) is 14.6. The molecule has 30 heavy (non-hydrogen) atoms. The second-order valence-electron chi connectivity index (χ2n) is 6.38. The molecule has 7 heteroatoms. The molecule has 4 nitrogen and oxygen atoms in total. The van der Waals surface area contributed by atoms with E-state index >= 15 is 0 Å². The summed E-state index contributed by atoms with van der Waals surface area (Å²) in [5.74, 6) is -1.12. The Morgan fingerprint density at radius 3 is 2.57 bits per heavy atom. The number of nitrogens with one attached hydrogen (secondary N) is 1. The number of nitrogens with zero attached hydrogens (tertiary/aromatic N) is 1. The van der Waals surface area contributed by atoms with Crippen molar-refractivity contribution in [3.8, 4) is 16.3 Å². The molecule has 0 bridgehead atoms. The summed E-state index contributed by atoms with van der Waals surface area (Å²) in [4.78, 5) is 16.9. The van der Waals surface area contributed by atoms with Gasteiger partial charge in [-0.1, -0.05) is 30.3 Å². The Kier molecular flexibility index (Phi) is 5.81. The van der Waals surface area contributed by atoms with Crippen molar-refractivity contribution in [3.05, 3.63) is 101 Å². The van der Waals surface area contributed by atoms with Crippen LogP contribution in [0.5, 0.6) is 5.75 Å². The number of carbonyl (C=O) groups excluding carboxylic acids is 1. The van der Waals surface area contributed by atoms with Crippen LogP contribution >= 0.6 is 11.3 Å². The number of thiazole rings is 1. The molecule has 1 amide bonds. The van der Waals surface area contributed by atoms with Crippen LogP contribution in [0.3, 0.4) is 0 Å². The maximum Gasteiger partial charge on any atom is 0.275 e. The minimum Gasteiger partial charge on any atom is -0.488 e. The van der Waals surface area contributed by atoms with Crippen LogP contribution in [0.15, 0.2) is 78.2 Å². The first-order valence-corrected chi connectivity index (χ1v) is 9.96. The zero-order valence-corrected chi connectivity index (χ0v) is 16.5. The Labute approximate surface area is 175 Å². The molecule has 0 fully saturated rings. The predicted octanol–water partition coefficient (Wildman–Crippen LogP) is 5.92. The summed E-state index contributed by atoms with van der Waals surface area (Å²) in [6, 6.07) is 19.6. The number of halogens is 2. The van der Waals surface area contributed by atoms with Crippen molar-refractivity contribution < 1.29 is 18.3 Å². The molecule has 0 saturated heterocycles. The van der Waals surface area contributed by atoms with E-state index in [1.54, 1.807) is 29.6 Å². The fourth-order valence-corrected chi connectivity index (χ4v) is 3.61. The van der Waals surface area contributed by atoms with E-state index in [0.29, 0.717) is 27.7 Å². The van der Waals surface area contributed by atoms with Crippen molar-refractivity contribution >= 4 is 22.9 Å². The SMILES string of the molecule is O=C(Nc1ccccc1)c1csc(-c2ccccc2OCc2ccc(F)cc2F)n1. The van der Waals surface area contributed by atoms with E-state index in [-0.39, 0.29) is 18.1 Å². The molecule has 0 unspecified atom stereocenters. The Hall–Kier alpha value is -3.58. The van der Waals surface area contributed by atoms with E-state index in [0.717, 1.165) is 6.07 Å². The number of rotatable bonds is 6. The van der Waals surface area contributed by atoms with Crippen LogP contribution in [0.25, 0.3) is 10.6 Å². The van der Waals surface area contributed by atoms with E-state index in [2.05, 4.69) is 10.3 Å². The molecule has 4 rings (SSSR count). The van der Waals surface area contributed by atoms with Crippen molar-refractivity contribution in [3.63, 3.8) is 0 Å². The number of amides is 1. The molecule has 1 heterocycles. The standard InChI is InChI=1S/C23H16F2N2O2S/c24-16-11-10-15(19(25)12-16)13-29-21-9-5-4-8-18(21)23-27-20(14-30-23)22(28)26-17-6-2-1-3-7-17/h1-12,14H,13H2,(H,26,28). The second kappa shape index (κ2) is 8.84. The second-order valence-corrected chi connectivity index (χ2v) is 7.24.